The number of imide groups is 1. The number of aromatic nitrogens is 2. The van der Waals surface area contributed by atoms with Crippen molar-refractivity contribution in [1.29, 1.82) is 0 Å². The highest BCUT2D eigenvalue weighted by atomic mass is 19.1. The number of carbonyl (C=O) groups is 2. The van der Waals surface area contributed by atoms with Crippen molar-refractivity contribution in [3.63, 3.8) is 0 Å². The molecule has 1 aliphatic carbocycles. The number of anilines is 1. The van der Waals surface area contributed by atoms with E-state index in [-0.39, 0.29) is 18.1 Å². The molecule has 2 aromatic heterocycles. The maximum atomic E-state index is 15.9. The summed E-state index contributed by atoms with van der Waals surface area (Å²) in [7, 11) is 0. The van der Waals surface area contributed by atoms with Gasteiger partial charge in [-0.05, 0) is 102 Å². The zero-order chi connectivity index (χ0) is 29.2. The second kappa shape index (κ2) is 11.5. The van der Waals surface area contributed by atoms with Gasteiger partial charge in [0.25, 0.3) is 0 Å². The highest BCUT2D eigenvalue weighted by molar-refractivity contribution is 6.08. The van der Waals surface area contributed by atoms with Gasteiger partial charge in [-0.1, -0.05) is 13.8 Å². The van der Waals surface area contributed by atoms with Crippen molar-refractivity contribution in [2.24, 2.45) is 5.41 Å². The molecule has 214 valence electrons. The summed E-state index contributed by atoms with van der Waals surface area (Å²) in [6, 6.07) is 1.51. The lowest BCUT2D eigenvalue weighted by atomic mass is 9.76. The predicted octanol–water partition coefficient (Wildman–Crippen LogP) is 7.54. The SMILES string of the molecule is Cc1c(Cc2ccnc(N(C(=O)OC(C)(C)C)C(=O)OC(C)(C)C)c2F)cncc1OC1CCC(C)(C)CC1. The van der Waals surface area contributed by atoms with Crippen LogP contribution in [0.1, 0.15) is 97.8 Å². The highest BCUT2D eigenvalue weighted by Crippen LogP contribution is 2.37. The number of rotatable bonds is 5. The van der Waals surface area contributed by atoms with E-state index >= 15 is 4.39 Å². The zero-order valence-electron chi connectivity index (χ0n) is 24.7. The van der Waals surface area contributed by atoms with Crippen molar-refractivity contribution in [1.82, 2.24) is 9.97 Å². The van der Waals surface area contributed by atoms with E-state index < -0.39 is 35.0 Å². The van der Waals surface area contributed by atoms with E-state index in [0.717, 1.165) is 36.8 Å². The first-order valence-corrected chi connectivity index (χ1v) is 13.5. The van der Waals surface area contributed by atoms with E-state index in [1.807, 2.05) is 6.92 Å². The first kappa shape index (κ1) is 30.3. The van der Waals surface area contributed by atoms with Crippen LogP contribution in [-0.2, 0) is 15.9 Å². The summed E-state index contributed by atoms with van der Waals surface area (Å²) < 4.78 is 33.0. The maximum absolute atomic E-state index is 15.9. The molecular weight excluding hydrogens is 501 g/mol. The van der Waals surface area contributed by atoms with Crippen LogP contribution in [0.2, 0.25) is 0 Å². The van der Waals surface area contributed by atoms with Crippen LogP contribution >= 0.6 is 0 Å². The van der Waals surface area contributed by atoms with Gasteiger partial charge in [-0.3, -0.25) is 4.98 Å². The Hall–Kier alpha value is -3.23. The summed E-state index contributed by atoms with van der Waals surface area (Å²) in [6.07, 6.45) is 6.98. The molecule has 0 spiro atoms. The monoisotopic (exact) mass is 543 g/mol. The van der Waals surface area contributed by atoms with Crippen molar-refractivity contribution in [2.45, 2.75) is 112 Å². The maximum Gasteiger partial charge on any atom is 0.425 e. The number of nitrogens with zero attached hydrogens (tertiary/aromatic N) is 3. The van der Waals surface area contributed by atoms with Gasteiger partial charge in [0, 0.05) is 18.8 Å². The van der Waals surface area contributed by atoms with Gasteiger partial charge in [0.15, 0.2) is 11.6 Å². The molecule has 0 N–H and O–H groups in total. The van der Waals surface area contributed by atoms with Gasteiger partial charge in [-0.2, -0.15) is 4.90 Å². The lowest BCUT2D eigenvalue weighted by Gasteiger charge is -2.34. The van der Waals surface area contributed by atoms with E-state index in [4.69, 9.17) is 14.2 Å². The normalized spacial score (nSPS) is 15.9. The Morgan fingerprint density at radius 3 is 2.10 bits per heavy atom. The molecule has 0 aromatic carbocycles. The molecule has 3 rings (SSSR count). The molecule has 0 unspecified atom stereocenters. The van der Waals surface area contributed by atoms with Gasteiger partial charge in [-0.15, -0.1) is 0 Å². The van der Waals surface area contributed by atoms with Crippen LogP contribution in [0.5, 0.6) is 5.75 Å². The summed E-state index contributed by atoms with van der Waals surface area (Å²) in [4.78, 5) is 34.9. The van der Waals surface area contributed by atoms with Gasteiger partial charge in [-0.25, -0.2) is 19.0 Å². The van der Waals surface area contributed by atoms with Crippen LogP contribution in [0.15, 0.2) is 24.7 Å². The third kappa shape index (κ3) is 8.38. The van der Waals surface area contributed by atoms with Gasteiger partial charge in [0.1, 0.15) is 17.0 Å². The summed E-state index contributed by atoms with van der Waals surface area (Å²) in [5, 5.41) is 0. The van der Waals surface area contributed by atoms with E-state index in [1.165, 1.54) is 12.3 Å². The molecule has 9 heteroatoms. The predicted molar refractivity (Wildman–Crippen MR) is 148 cm³/mol. The molecule has 1 saturated carbocycles. The highest BCUT2D eigenvalue weighted by Gasteiger charge is 2.36. The first-order chi connectivity index (χ1) is 18.0. The average Bonchev–Trinajstić information content (AvgIpc) is 2.78. The van der Waals surface area contributed by atoms with Crippen molar-refractivity contribution in [3.05, 3.63) is 47.2 Å². The molecule has 1 fully saturated rings. The molecule has 0 aliphatic heterocycles. The second-order valence-corrected chi connectivity index (χ2v) is 13.0. The number of halogens is 1. The molecule has 0 atom stereocenters. The van der Waals surface area contributed by atoms with Crippen LogP contribution < -0.4 is 9.64 Å². The van der Waals surface area contributed by atoms with Crippen molar-refractivity contribution in [2.75, 3.05) is 4.90 Å². The topological polar surface area (TPSA) is 90.9 Å². The molecule has 0 radical (unpaired) electrons. The van der Waals surface area contributed by atoms with Crippen LogP contribution in [0.25, 0.3) is 0 Å². The molecule has 1 aliphatic rings. The Kier molecular flexibility index (Phi) is 8.92. The fourth-order valence-electron chi connectivity index (χ4n) is 4.35. The minimum Gasteiger partial charge on any atom is -0.489 e. The third-order valence-corrected chi connectivity index (χ3v) is 6.55. The van der Waals surface area contributed by atoms with Gasteiger partial charge < -0.3 is 14.2 Å². The van der Waals surface area contributed by atoms with Crippen molar-refractivity contribution in [3.8, 4) is 5.75 Å². The zero-order valence-corrected chi connectivity index (χ0v) is 24.7. The number of carbonyl (C=O) groups excluding carboxylic acids is 2. The quantitative estimate of drug-likeness (QED) is 0.385. The standard InChI is InChI=1S/C30H42FN3O5/c1-19-21(17-32-18-23(19)37-22-10-13-30(8,9)14-11-22)16-20-12-15-33-25(24(20)31)34(26(35)38-28(2,3)4)27(36)39-29(5,6)7/h12,15,17-18,22H,10-11,13-14,16H2,1-9H3. The Morgan fingerprint density at radius 2 is 1.56 bits per heavy atom. The lowest BCUT2D eigenvalue weighted by molar-refractivity contribution is 0.0427. The lowest BCUT2D eigenvalue weighted by Crippen LogP contribution is -2.44. The van der Waals surface area contributed by atoms with Crippen LogP contribution in [0, 0.1) is 18.2 Å². The molecule has 39 heavy (non-hydrogen) atoms. The number of ether oxygens (including phenoxy) is 3. The first-order valence-electron chi connectivity index (χ1n) is 13.5. The Balaban J connectivity index is 1.89. The number of pyridine rings is 2. The molecule has 0 bridgehead atoms. The Bertz CT molecular complexity index is 1160. The van der Waals surface area contributed by atoms with Crippen LogP contribution in [0.3, 0.4) is 0 Å². The van der Waals surface area contributed by atoms with Crippen molar-refractivity contribution < 1.29 is 28.2 Å². The number of hydrogen-bond donors (Lipinski definition) is 0. The van der Waals surface area contributed by atoms with E-state index in [9.17, 15) is 9.59 Å². The fraction of sp³-hybridized carbons (Fsp3) is 0.600. The molecule has 8 nitrogen and oxygen atoms in total. The molecular formula is C30H42FN3O5. The summed E-state index contributed by atoms with van der Waals surface area (Å²) in [6.45, 7) is 16.4. The summed E-state index contributed by atoms with van der Waals surface area (Å²) in [5.41, 5.74) is 0.340. The molecule has 2 aromatic rings. The molecule has 2 amide bonds. The van der Waals surface area contributed by atoms with E-state index in [0.29, 0.717) is 16.1 Å². The van der Waals surface area contributed by atoms with E-state index in [1.54, 1.807) is 53.9 Å². The molecule has 2 heterocycles. The Morgan fingerprint density at radius 1 is 1.00 bits per heavy atom. The van der Waals surface area contributed by atoms with Gasteiger partial charge in [0.2, 0.25) is 0 Å². The minimum absolute atomic E-state index is 0.120. The van der Waals surface area contributed by atoms with Crippen LogP contribution in [-0.4, -0.2) is 39.5 Å². The largest absolute Gasteiger partial charge is 0.489 e. The smallest absolute Gasteiger partial charge is 0.425 e. The average molecular weight is 544 g/mol. The minimum atomic E-state index is -1.08. The number of hydrogen-bond acceptors (Lipinski definition) is 7. The van der Waals surface area contributed by atoms with Gasteiger partial charge >= 0.3 is 12.2 Å². The third-order valence-electron chi connectivity index (χ3n) is 6.55. The van der Waals surface area contributed by atoms with Crippen molar-refractivity contribution >= 4 is 18.0 Å². The Labute approximate surface area is 231 Å². The van der Waals surface area contributed by atoms with Gasteiger partial charge in [0.05, 0.1) is 12.3 Å². The molecule has 0 saturated heterocycles. The summed E-state index contributed by atoms with van der Waals surface area (Å²) in [5.74, 6) is -0.635. The number of amides is 2. The van der Waals surface area contributed by atoms with Crippen LogP contribution in [0.4, 0.5) is 19.8 Å². The van der Waals surface area contributed by atoms with E-state index in [2.05, 4.69) is 23.8 Å². The second-order valence-electron chi connectivity index (χ2n) is 13.0. The summed E-state index contributed by atoms with van der Waals surface area (Å²) >= 11 is 0. The fourth-order valence-corrected chi connectivity index (χ4v) is 4.35.